The first-order valence-electron chi connectivity index (χ1n) is 9.28. The van der Waals surface area contributed by atoms with Crippen LogP contribution >= 0.6 is 0 Å². The molecule has 4 heteroatoms. The summed E-state index contributed by atoms with van der Waals surface area (Å²) in [6, 6.07) is 9.70. The summed E-state index contributed by atoms with van der Waals surface area (Å²) in [6.45, 7) is 0.895. The Morgan fingerprint density at radius 1 is 1.17 bits per heavy atom. The summed E-state index contributed by atoms with van der Waals surface area (Å²) in [7, 11) is 1.73. The molecule has 1 aromatic carbocycles. The van der Waals surface area contributed by atoms with Crippen molar-refractivity contribution in [2.45, 2.75) is 63.6 Å². The third kappa shape index (κ3) is 3.07. The quantitative estimate of drug-likeness (QED) is 0.896. The Bertz CT molecular complexity index is 688. The number of hydrogen-bond acceptors (Lipinski definition) is 3. The molecule has 0 spiro atoms. The highest BCUT2D eigenvalue weighted by atomic mass is 16.5. The van der Waals surface area contributed by atoms with Crippen LogP contribution in [0.15, 0.2) is 30.5 Å². The minimum atomic E-state index is 0.445. The number of nitrogens with zero attached hydrogens (tertiary/aromatic N) is 2. The van der Waals surface area contributed by atoms with Crippen LogP contribution in [0.4, 0.5) is 0 Å². The van der Waals surface area contributed by atoms with E-state index in [9.17, 15) is 0 Å². The van der Waals surface area contributed by atoms with E-state index in [4.69, 9.17) is 4.74 Å². The maximum Gasteiger partial charge on any atom is 0.119 e. The van der Waals surface area contributed by atoms with Gasteiger partial charge in [-0.2, -0.15) is 5.10 Å². The number of hydrogen-bond donors (Lipinski definition) is 1. The van der Waals surface area contributed by atoms with Crippen molar-refractivity contribution in [2.24, 2.45) is 0 Å². The van der Waals surface area contributed by atoms with E-state index in [0.717, 1.165) is 18.7 Å². The first kappa shape index (κ1) is 15.7. The molecule has 4 nitrogen and oxygen atoms in total. The van der Waals surface area contributed by atoms with E-state index in [1.54, 1.807) is 7.11 Å². The molecule has 1 atom stereocenters. The Balaban J connectivity index is 1.43. The van der Waals surface area contributed by atoms with Gasteiger partial charge in [0.15, 0.2) is 0 Å². The molecule has 0 saturated heterocycles. The Kier molecular flexibility index (Phi) is 4.56. The van der Waals surface area contributed by atoms with Gasteiger partial charge in [0.2, 0.25) is 0 Å². The van der Waals surface area contributed by atoms with Crippen molar-refractivity contribution >= 4 is 0 Å². The lowest BCUT2D eigenvalue weighted by Gasteiger charge is -2.24. The van der Waals surface area contributed by atoms with Gasteiger partial charge in [-0.25, -0.2) is 0 Å². The van der Waals surface area contributed by atoms with Gasteiger partial charge in [-0.1, -0.05) is 25.3 Å². The van der Waals surface area contributed by atoms with Crippen molar-refractivity contribution in [1.29, 1.82) is 0 Å². The number of methoxy groups -OCH3 is 1. The van der Waals surface area contributed by atoms with Crippen LogP contribution in [0.1, 0.15) is 67.4 Å². The molecule has 1 aromatic heterocycles. The van der Waals surface area contributed by atoms with E-state index in [1.807, 2.05) is 6.20 Å². The van der Waals surface area contributed by atoms with Crippen molar-refractivity contribution in [1.82, 2.24) is 15.1 Å². The summed E-state index contributed by atoms with van der Waals surface area (Å²) >= 11 is 0. The maximum atomic E-state index is 5.34. The zero-order chi connectivity index (χ0) is 16.4. The molecule has 1 fully saturated rings. The number of aryl methyl sites for hydroxylation is 1. The van der Waals surface area contributed by atoms with Crippen molar-refractivity contribution < 1.29 is 4.74 Å². The topological polar surface area (TPSA) is 39.1 Å². The first-order chi connectivity index (χ1) is 11.8. The summed E-state index contributed by atoms with van der Waals surface area (Å²) < 4.78 is 7.62. The summed E-state index contributed by atoms with van der Waals surface area (Å²) in [5.74, 6) is 0.963. The number of nitrogens with one attached hydrogen (secondary N) is 1. The molecule has 0 bridgehead atoms. The summed E-state index contributed by atoms with van der Waals surface area (Å²) in [5.41, 5.74) is 4.18. The van der Waals surface area contributed by atoms with Crippen LogP contribution in [-0.2, 0) is 13.0 Å². The lowest BCUT2D eigenvalue weighted by Crippen LogP contribution is -2.23. The smallest absolute Gasteiger partial charge is 0.119 e. The highest BCUT2D eigenvalue weighted by Gasteiger charge is 2.23. The number of fused-ring (bicyclic) bond motifs is 1. The van der Waals surface area contributed by atoms with Crippen LogP contribution in [0.5, 0.6) is 5.75 Å². The molecule has 2 aliphatic rings. The molecular formula is C20H27N3O. The average Bonchev–Trinajstić information content (AvgIpc) is 3.26. The highest BCUT2D eigenvalue weighted by molar-refractivity contribution is 5.40. The number of aromatic nitrogens is 2. The molecular weight excluding hydrogens is 298 g/mol. The predicted octanol–water partition coefficient (Wildman–Crippen LogP) is 4.17. The van der Waals surface area contributed by atoms with Crippen LogP contribution in [0, 0.1) is 0 Å². The molecule has 1 N–H and O–H groups in total. The van der Waals surface area contributed by atoms with Gasteiger partial charge in [0, 0.05) is 18.8 Å². The zero-order valence-corrected chi connectivity index (χ0v) is 14.5. The molecule has 1 heterocycles. The fourth-order valence-electron chi connectivity index (χ4n) is 4.30. The molecule has 2 aliphatic carbocycles. The Hall–Kier alpha value is -1.81. The van der Waals surface area contributed by atoms with Crippen molar-refractivity contribution in [3.8, 4) is 5.75 Å². The molecule has 128 valence electrons. The van der Waals surface area contributed by atoms with Crippen LogP contribution in [0.2, 0.25) is 0 Å². The van der Waals surface area contributed by atoms with E-state index in [1.165, 1.54) is 55.3 Å². The van der Waals surface area contributed by atoms with Crippen LogP contribution in [0.25, 0.3) is 0 Å². The maximum absolute atomic E-state index is 5.34. The fourth-order valence-corrected chi connectivity index (χ4v) is 4.30. The Morgan fingerprint density at radius 3 is 2.88 bits per heavy atom. The van der Waals surface area contributed by atoms with Crippen molar-refractivity contribution in [3.63, 3.8) is 0 Å². The molecule has 24 heavy (non-hydrogen) atoms. The minimum absolute atomic E-state index is 0.445. The molecule has 2 aromatic rings. The number of rotatable bonds is 5. The molecule has 1 saturated carbocycles. The number of ether oxygens (including phenoxy) is 1. The minimum Gasteiger partial charge on any atom is -0.497 e. The lowest BCUT2D eigenvalue weighted by molar-refractivity contribution is 0.318. The average molecular weight is 325 g/mol. The van der Waals surface area contributed by atoms with Gasteiger partial charge in [0.1, 0.15) is 5.75 Å². The Labute approximate surface area is 144 Å². The van der Waals surface area contributed by atoms with Crippen molar-refractivity contribution in [2.75, 3.05) is 7.11 Å². The van der Waals surface area contributed by atoms with E-state index in [0.29, 0.717) is 12.1 Å². The van der Waals surface area contributed by atoms with Gasteiger partial charge in [0.05, 0.1) is 18.8 Å². The summed E-state index contributed by atoms with van der Waals surface area (Å²) in [4.78, 5) is 0. The summed E-state index contributed by atoms with van der Waals surface area (Å²) in [5, 5.41) is 8.37. The normalized spacial score (nSPS) is 21.0. The van der Waals surface area contributed by atoms with E-state index >= 15 is 0 Å². The highest BCUT2D eigenvalue weighted by Crippen LogP contribution is 2.34. The molecule has 0 amide bonds. The SMILES string of the molecule is COc1ccc2c(c1)CCC2NCc1ccnn1C1CCCCC1. The van der Waals surface area contributed by atoms with Gasteiger partial charge in [-0.05, 0) is 55.0 Å². The Morgan fingerprint density at radius 2 is 2.04 bits per heavy atom. The fraction of sp³-hybridized carbons (Fsp3) is 0.550. The predicted molar refractivity (Wildman–Crippen MR) is 95.2 cm³/mol. The largest absolute Gasteiger partial charge is 0.497 e. The van der Waals surface area contributed by atoms with E-state index in [2.05, 4.69) is 39.4 Å². The lowest BCUT2D eigenvalue weighted by atomic mass is 9.95. The van der Waals surface area contributed by atoms with Crippen LogP contribution in [-0.4, -0.2) is 16.9 Å². The van der Waals surface area contributed by atoms with Crippen LogP contribution < -0.4 is 10.1 Å². The second-order valence-corrected chi connectivity index (χ2v) is 7.10. The first-order valence-corrected chi connectivity index (χ1v) is 9.28. The van der Waals surface area contributed by atoms with Gasteiger partial charge >= 0.3 is 0 Å². The monoisotopic (exact) mass is 325 g/mol. The third-order valence-corrected chi connectivity index (χ3v) is 5.63. The standard InChI is InChI=1S/C20H27N3O/c1-24-18-8-9-19-15(13-18)7-10-20(19)21-14-17-11-12-22-23(17)16-5-3-2-4-6-16/h8-9,11-13,16,20-21H,2-7,10,14H2,1H3. The number of benzene rings is 1. The van der Waals surface area contributed by atoms with Gasteiger partial charge in [0.25, 0.3) is 0 Å². The molecule has 1 unspecified atom stereocenters. The van der Waals surface area contributed by atoms with Gasteiger partial charge < -0.3 is 10.1 Å². The van der Waals surface area contributed by atoms with E-state index in [-0.39, 0.29) is 0 Å². The second-order valence-electron chi connectivity index (χ2n) is 7.10. The second kappa shape index (κ2) is 6.98. The summed E-state index contributed by atoms with van der Waals surface area (Å²) in [6.07, 6.45) is 10.9. The molecule has 4 rings (SSSR count). The molecule has 0 aliphatic heterocycles. The van der Waals surface area contributed by atoms with Gasteiger partial charge in [-0.3, -0.25) is 4.68 Å². The third-order valence-electron chi connectivity index (χ3n) is 5.63. The van der Waals surface area contributed by atoms with Gasteiger partial charge in [-0.15, -0.1) is 0 Å². The van der Waals surface area contributed by atoms with Crippen LogP contribution in [0.3, 0.4) is 0 Å². The van der Waals surface area contributed by atoms with E-state index < -0.39 is 0 Å². The van der Waals surface area contributed by atoms with Crippen molar-refractivity contribution in [3.05, 3.63) is 47.3 Å². The molecule has 0 radical (unpaired) electrons. The zero-order valence-electron chi connectivity index (χ0n) is 14.5.